The highest BCUT2D eigenvalue weighted by molar-refractivity contribution is 9.09. The van der Waals surface area contributed by atoms with Crippen molar-refractivity contribution >= 4 is 15.9 Å². The Kier molecular flexibility index (Phi) is 3.83. The lowest BCUT2D eigenvalue weighted by Crippen LogP contribution is -1.78. The SMILES string of the molecule is C=CC#C[C@H](C)Br. The Labute approximate surface area is 52.7 Å². The molecule has 0 aromatic rings. The van der Waals surface area contributed by atoms with Crippen LogP contribution in [0.5, 0.6) is 0 Å². The highest BCUT2D eigenvalue weighted by Gasteiger charge is 1.79. The Hall–Kier alpha value is -0.220. The van der Waals surface area contributed by atoms with Crippen molar-refractivity contribution in [2.45, 2.75) is 11.8 Å². The predicted octanol–water partition coefficient (Wildman–Crippen LogP) is 1.96. The van der Waals surface area contributed by atoms with E-state index < -0.39 is 0 Å². The van der Waals surface area contributed by atoms with Gasteiger partial charge in [-0.25, -0.2) is 0 Å². The van der Waals surface area contributed by atoms with Crippen molar-refractivity contribution in [2.75, 3.05) is 0 Å². The molecule has 0 aliphatic carbocycles. The number of allylic oxidation sites excluding steroid dienone is 1. The molecule has 0 radical (unpaired) electrons. The van der Waals surface area contributed by atoms with Crippen molar-refractivity contribution in [3.05, 3.63) is 12.7 Å². The minimum absolute atomic E-state index is 0.283. The van der Waals surface area contributed by atoms with Gasteiger partial charge in [0.15, 0.2) is 0 Å². The van der Waals surface area contributed by atoms with E-state index >= 15 is 0 Å². The molecule has 0 rings (SSSR count). The van der Waals surface area contributed by atoms with Crippen LogP contribution in [-0.2, 0) is 0 Å². The highest BCUT2D eigenvalue weighted by atomic mass is 79.9. The van der Waals surface area contributed by atoms with E-state index in [1.807, 2.05) is 6.92 Å². The first-order valence-corrected chi connectivity index (χ1v) is 2.95. The summed E-state index contributed by atoms with van der Waals surface area (Å²) in [5, 5.41) is 0. The van der Waals surface area contributed by atoms with E-state index in [0.29, 0.717) is 0 Å². The van der Waals surface area contributed by atoms with Gasteiger partial charge in [0.05, 0.1) is 4.83 Å². The third-order valence-corrected chi connectivity index (χ3v) is 0.613. The van der Waals surface area contributed by atoms with Crippen LogP contribution >= 0.6 is 15.9 Å². The van der Waals surface area contributed by atoms with Crippen LogP contribution in [0.15, 0.2) is 12.7 Å². The molecule has 0 nitrogen and oxygen atoms in total. The van der Waals surface area contributed by atoms with E-state index in [-0.39, 0.29) is 4.83 Å². The van der Waals surface area contributed by atoms with Gasteiger partial charge < -0.3 is 0 Å². The number of hydrogen-bond acceptors (Lipinski definition) is 0. The zero-order chi connectivity index (χ0) is 5.70. The minimum atomic E-state index is 0.283. The van der Waals surface area contributed by atoms with Crippen molar-refractivity contribution in [3.8, 4) is 11.8 Å². The van der Waals surface area contributed by atoms with Gasteiger partial charge in [-0.05, 0) is 13.0 Å². The second-order valence-electron chi connectivity index (χ2n) is 1.11. The summed E-state index contributed by atoms with van der Waals surface area (Å²) in [6.07, 6.45) is 1.58. The van der Waals surface area contributed by atoms with E-state index in [9.17, 15) is 0 Å². The number of alkyl halides is 1. The van der Waals surface area contributed by atoms with Gasteiger partial charge in [-0.3, -0.25) is 0 Å². The van der Waals surface area contributed by atoms with Crippen molar-refractivity contribution in [1.82, 2.24) is 0 Å². The fourth-order valence-corrected chi connectivity index (χ4v) is 0.306. The molecule has 0 aliphatic heterocycles. The molecule has 0 amide bonds. The average molecular weight is 159 g/mol. The number of rotatable bonds is 0. The predicted molar refractivity (Wildman–Crippen MR) is 36.4 cm³/mol. The normalized spacial score (nSPS) is 11.1. The van der Waals surface area contributed by atoms with Gasteiger partial charge in [-0.1, -0.05) is 34.3 Å². The molecule has 1 atom stereocenters. The quantitative estimate of drug-likeness (QED) is 0.374. The molecule has 0 spiro atoms. The summed E-state index contributed by atoms with van der Waals surface area (Å²) in [5.41, 5.74) is 0. The molecule has 0 aromatic carbocycles. The summed E-state index contributed by atoms with van der Waals surface area (Å²) in [4.78, 5) is 0.283. The molecule has 7 heavy (non-hydrogen) atoms. The molecule has 0 fully saturated rings. The molecule has 0 bridgehead atoms. The molecule has 0 saturated heterocycles. The maximum Gasteiger partial charge on any atom is 0.0730 e. The first-order valence-electron chi connectivity index (χ1n) is 2.03. The van der Waals surface area contributed by atoms with E-state index in [1.54, 1.807) is 6.08 Å². The molecule has 38 valence electrons. The van der Waals surface area contributed by atoms with Crippen molar-refractivity contribution in [3.63, 3.8) is 0 Å². The molecular formula is C6H7Br. The molecule has 0 heterocycles. The monoisotopic (exact) mass is 158 g/mol. The van der Waals surface area contributed by atoms with Gasteiger partial charge in [0, 0.05) is 0 Å². The van der Waals surface area contributed by atoms with Crippen LogP contribution in [0.3, 0.4) is 0 Å². The summed E-state index contributed by atoms with van der Waals surface area (Å²) in [6.45, 7) is 5.41. The highest BCUT2D eigenvalue weighted by Crippen LogP contribution is 1.91. The molecule has 0 aliphatic rings. The van der Waals surface area contributed by atoms with Gasteiger partial charge in [0.1, 0.15) is 0 Å². The number of halogens is 1. The Morgan fingerprint density at radius 1 is 1.86 bits per heavy atom. The topological polar surface area (TPSA) is 0 Å². The smallest absolute Gasteiger partial charge is 0.0730 e. The Balaban J connectivity index is 3.43. The Bertz CT molecular complexity index is 103. The van der Waals surface area contributed by atoms with Crippen molar-refractivity contribution in [2.24, 2.45) is 0 Å². The van der Waals surface area contributed by atoms with Crippen LogP contribution in [0.1, 0.15) is 6.92 Å². The van der Waals surface area contributed by atoms with Crippen LogP contribution in [0.2, 0.25) is 0 Å². The lowest BCUT2D eigenvalue weighted by molar-refractivity contribution is 1.33. The molecule has 1 heteroatoms. The molecule has 0 N–H and O–H groups in total. The van der Waals surface area contributed by atoms with Gasteiger partial charge in [-0.2, -0.15) is 0 Å². The lowest BCUT2D eigenvalue weighted by Gasteiger charge is -1.79. The molecule has 0 saturated carbocycles. The third kappa shape index (κ3) is 5.78. The maximum absolute atomic E-state index is 3.44. The lowest BCUT2D eigenvalue weighted by atomic mass is 10.5. The van der Waals surface area contributed by atoms with E-state index in [2.05, 4.69) is 34.3 Å². The van der Waals surface area contributed by atoms with Crippen molar-refractivity contribution in [1.29, 1.82) is 0 Å². The maximum atomic E-state index is 3.44. The van der Waals surface area contributed by atoms with Gasteiger partial charge in [0.25, 0.3) is 0 Å². The van der Waals surface area contributed by atoms with Crippen LogP contribution in [0, 0.1) is 11.8 Å². The van der Waals surface area contributed by atoms with Crippen molar-refractivity contribution < 1.29 is 0 Å². The zero-order valence-corrected chi connectivity index (χ0v) is 5.83. The Morgan fingerprint density at radius 2 is 2.43 bits per heavy atom. The average Bonchev–Trinajstić information content (AvgIpc) is 1.61. The standard InChI is InChI=1S/C6H7Br/c1-3-4-5-6(2)7/h3,6H,1H2,2H3/t6-/m0/s1. The third-order valence-electron chi connectivity index (χ3n) is 0.384. The van der Waals surface area contributed by atoms with Crippen LogP contribution in [-0.4, -0.2) is 4.83 Å². The zero-order valence-electron chi connectivity index (χ0n) is 4.24. The van der Waals surface area contributed by atoms with Gasteiger partial charge in [-0.15, -0.1) is 0 Å². The van der Waals surface area contributed by atoms with Gasteiger partial charge >= 0.3 is 0 Å². The summed E-state index contributed by atoms with van der Waals surface area (Å²) in [5.74, 6) is 5.56. The van der Waals surface area contributed by atoms with Crippen LogP contribution < -0.4 is 0 Å². The Morgan fingerprint density at radius 3 is 2.57 bits per heavy atom. The van der Waals surface area contributed by atoms with E-state index in [4.69, 9.17) is 0 Å². The van der Waals surface area contributed by atoms with E-state index in [1.165, 1.54) is 0 Å². The fraction of sp³-hybridized carbons (Fsp3) is 0.333. The summed E-state index contributed by atoms with van der Waals surface area (Å²) >= 11 is 3.25. The van der Waals surface area contributed by atoms with Crippen LogP contribution in [0.25, 0.3) is 0 Å². The van der Waals surface area contributed by atoms with E-state index in [0.717, 1.165) is 0 Å². The first kappa shape index (κ1) is 6.78. The first-order chi connectivity index (χ1) is 3.27. The number of hydrogen-bond donors (Lipinski definition) is 0. The summed E-state index contributed by atoms with van der Waals surface area (Å²) in [7, 11) is 0. The molecule has 0 aromatic heterocycles. The molecular weight excluding hydrogens is 152 g/mol. The largest absolute Gasteiger partial charge is 0.0907 e. The second kappa shape index (κ2) is 3.95. The molecule has 0 unspecified atom stereocenters. The summed E-state index contributed by atoms with van der Waals surface area (Å²) < 4.78 is 0. The second-order valence-corrected chi connectivity index (χ2v) is 2.48. The van der Waals surface area contributed by atoms with Crippen LogP contribution in [0.4, 0.5) is 0 Å². The summed E-state index contributed by atoms with van der Waals surface area (Å²) in [6, 6.07) is 0. The fourth-order valence-electron chi connectivity index (χ4n) is 0.174. The minimum Gasteiger partial charge on any atom is -0.0907 e. The van der Waals surface area contributed by atoms with Gasteiger partial charge in [0.2, 0.25) is 0 Å².